The van der Waals surface area contributed by atoms with Crippen molar-refractivity contribution in [3.05, 3.63) is 30.1 Å². The van der Waals surface area contributed by atoms with Gasteiger partial charge in [-0.05, 0) is 12.1 Å². The van der Waals surface area contributed by atoms with E-state index in [9.17, 15) is 15.0 Å². The number of piperidine rings is 1. The normalized spacial score (nSPS) is 30.6. The van der Waals surface area contributed by atoms with Gasteiger partial charge in [0.1, 0.15) is 5.60 Å². The Morgan fingerprint density at radius 3 is 2.94 bits per heavy atom. The Hall–Kier alpha value is -1.46. The third-order valence-electron chi connectivity index (χ3n) is 3.00. The molecular weight excluding hydrogens is 208 g/mol. The molecule has 2 N–H and O–H groups in total. The van der Waals surface area contributed by atoms with Crippen LogP contribution >= 0.6 is 0 Å². The van der Waals surface area contributed by atoms with Crippen LogP contribution in [-0.2, 0) is 10.4 Å². The van der Waals surface area contributed by atoms with E-state index in [0.29, 0.717) is 12.2 Å². The van der Waals surface area contributed by atoms with Gasteiger partial charge in [-0.15, -0.1) is 0 Å². The van der Waals surface area contributed by atoms with E-state index in [1.165, 1.54) is 11.1 Å². The van der Waals surface area contributed by atoms with Crippen molar-refractivity contribution in [2.24, 2.45) is 0 Å². The van der Waals surface area contributed by atoms with Crippen LogP contribution in [0, 0.1) is 0 Å². The van der Waals surface area contributed by atoms with Crippen molar-refractivity contribution in [2.75, 3.05) is 13.6 Å². The molecule has 0 aliphatic carbocycles. The second kappa shape index (κ2) is 3.84. The number of likely N-dealkylation sites (tertiary alicyclic amines) is 1. The highest BCUT2D eigenvalue weighted by Crippen LogP contribution is 2.31. The zero-order valence-electron chi connectivity index (χ0n) is 9.00. The smallest absolute Gasteiger partial charge is 0.254 e. The van der Waals surface area contributed by atoms with Gasteiger partial charge in [-0.1, -0.05) is 6.07 Å². The Kier molecular flexibility index (Phi) is 2.65. The van der Waals surface area contributed by atoms with Gasteiger partial charge in [0.15, 0.2) is 6.10 Å². The summed E-state index contributed by atoms with van der Waals surface area (Å²) in [6.07, 6.45) is 0.372. The van der Waals surface area contributed by atoms with Crippen LogP contribution in [-0.4, -0.2) is 45.7 Å². The molecule has 2 rings (SSSR count). The van der Waals surface area contributed by atoms with Gasteiger partial charge in [0.25, 0.3) is 5.91 Å². The summed E-state index contributed by atoms with van der Waals surface area (Å²) >= 11 is 0. The number of carbonyl (C=O) groups excluding carboxylic acids is 1. The lowest BCUT2D eigenvalue weighted by Crippen LogP contribution is -2.56. The molecule has 1 aromatic heterocycles. The largest absolute Gasteiger partial charge is 0.380 e. The minimum atomic E-state index is -1.56. The molecule has 16 heavy (non-hydrogen) atoms. The summed E-state index contributed by atoms with van der Waals surface area (Å²) in [5.74, 6) is -0.473. The fourth-order valence-electron chi connectivity index (χ4n) is 1.89. The van der Waals surface area contributed by atoms with Gasteiger partial charge in [-0.2, -0.15) is 0 Å². The molecular formula is C11H14N2O3. The third kappa shape index (κ3) is 1.58. The van der Waals surface area contributed by atoms with Crippen LogP contribution < -0.4 is 0 Å². The molecule has 1 aromatic rings. The van der Waals surface area contributed by atoms with Crippen LogP contribution in [0.2, 0.25) is 0 Å². The van der Waals surface area contributed by atoms with E-state index < -0.39 is 17.6 Å². The van der Waals surface area contributed by atoms with E-state index in [1.807, 2.05) is 0 Å². The average molecular weight is 222 g/mol. The number of aliphatic hydroxyl groups excluding tert-OH is 1. The molecule has 2 heterocycles. The van der Waals surface area contributed by atoms with Crippen molar-refractivity contribution in [3.63, 3.8) is 0 Å². The molecule has 1 fully saturated rings. The summed E-state index contributed by atoms with van der Waals surface area (Å²) in [5.41, 5.74) is -1.23. The van der Waals surface area contributed by atoms with Crippen molar-refractivity contribution in [2.45, 2.75) is 18.1 Å². The zero-order chi connectivity index (χ0) is 11.8. The minimum Gasteiger partial charge on any atom is -0.380 e. The van der Waals surface area contributed by atoms with E-state index in [0.717, 1.165) is 0 Å². The van der Waals surface area contributed by atoms with Crippen molar-refractivity contribution in [3.8, 4) is 0 Å². The molecule has 0 radical (unpaired) electrons. The number of hydrogen-bond acceptors (Lipinski definition) is 4. The number of rotatable bonds is 1. The number of pyridine rings is 1. The highest BCUT2D eigenvalue weighted by atomic mass is 16.4. The first kappa shape index (κ1) is 11.0. The number of aliphatic hydroxyl groups is 2. The second-order valence-electron chi connectivity index (χ2n) is 4.05. The molecule has 0 saturated carbocycles. The first-order valence-electron chi connectivity index (χ1n) is 5.12. The molecule has 5 heteroatoms. The van der Waals surface area contributed by atoms with Crippen molar-refractivity contribution in [1.29, 1.82) is 0 Å². The summed E-state index contributed by atoms with van der Waals surface area (Å²) < 4.78 is 0. The number of hydrogen-bond donors (Lipinski definition) is 2. The van der Waals surface area contributed by atoms with Crippen LogP contribution in [0.5, 0.6) is 0 Å². The molecule has 1 saturated heterocycles. The first-order chi connectivity index (χ1) is 7.55. The zero-order valence-corrected chi connectivity index (χ0v) is 9.00. The van der Waals surface area contributed by atoms with Gasteiger partial charge in [0.05, 0.1) is 5.69 Å². The predicted molar refractivity (Wildman–Crippen MR) is 56.4 cm³/mol. The molecule has 0 spiro atoms. The fraction of sp³-hybridized carbons (Fsp3) is 0.455. The van der Waals surface area contributed by atoms with Crippen LogP contribution in [0.1, 0.15) is 12.1 Å². The van der Waals surface area contributed by atoms with E-state index in [1.54, 1.807) is 25.2 Å². The quantitative estimate of drug-likeness (QED) is 0.671. The van der Waals surface area contributed by atoms with Gasteiger partial charge in [-0.25, -0.2) is 0 Å². The van der Waals surface area contributed by atoms with Crippen molar-refractivity contribution < 1.29 is 15.0 Å². The fourth-order valence-corrected chi connectivity index (χ4v) is 1.89. The lowest BCUT2D eigenvalue weighted by Gasteiger charge is -2.39. The van der Waals surface area contributed by atoms with Gasteiger partial charge in [0.2, 0.25) is 0 Å². The summed E-state index contributed by atoms with van der Waals surface area (Å²) in [6, 6.07) is 5.05. The monoisotopic (exact) mass is 222 g/mol. The summed E-state index contributed by atoms with van der Waals surface area (Å²) in [4.78, 5) is 17.0. The second-order valence-corrected chi connectivity index (χ2v) is 4.05. The summed E-state index contributed by atoms with van der Waals surface area (Å²) in [6.45, 7) is 0.406. The van der Waals surface area contributed by atoms with E-state index in [-0.39, 0.29) is 6.42 Å². The topological polar surface area (TPSA) is 73.7 Å². The number of amides is 1. The maximum Gasteiger partial charge on any atom is 0.254 e. The van der Waals surface area contributed by atoms with Gasteiger partial charge in [0, 0.05) is 26.2 Å². The standard InChI is InChI=1S/C11H14N2O3/c1-13-7-5-11(16,9(14)10(13)15)8-4-2-3-6-12-8/h2-4,6,9,14,16H,5,7H2,1H3. The van der Waals surface area contributed by atoms with E-state index >= 15 is 0 Å². The molecule has 1 amide bonds. The molecule has 2 unspecified atom stereocenters. The molecule has 86 valence electrons. The maximum atomic E-state index is 11.6. The lowest BCUT2D eigenvalue weighted by atomic mass is 9.85. The van der Waals surface area contributed by atoms with Gasteiger partial charge < -0.3 is 15.1 Å². The number of aromatic nitrogens is 1. The van der Waals surface area contributed by atoms with Crippen molar-refractivity contribution >= 4 is 5.91 Å². The Balaban J connectivity index is 2.36. The molecule has 1 aliphatic rings. The van der Waals surface area contributed by atoms with E-state index in [4.69, 9.17) is 0 Å². The van der Waals surface area contributed by atoms with Crippen LogP contribution in [0.25, 0.3) is 0 Å². The lowest BCUT2D eigenvalue weighted by molar-refractivity contribution is -0.169. The highest BCUT2D eigenvalue weighted by molar-refractivity contribution is 5.82. The van der Waals surface area contributed by atoms with E-state index in [2.05, 4.69) is 4.98 Å². The molecule has 5 nitrogen and oxygen atoms in total. The maximum absolute atomic E-state index is 11.6. The van der Waals surface area contributed by atoms with Crippen LogP contribution in [0.4, 0.5) is 0 Å². The average Bonchev–Trinajstić information content (AvgIpc) is 2.33. The highest BCUT2D eigenvalue weighted by Gasteiger charge is 2.47. The number of carbonyl (C=O) groups is 1. The van der Waals surface area contributed by atoms with Crippen LogP contribution in [0.15, 0.2) is 24.4 Å². The Labute approximate surface area is 93.3 Å². The first-order valence-corrected chi connectivity index (χ1v) is 5.12. The Bertz CT molecular complexity index is 395. The third-order valence-corrected chi connectivity index (χ3v) is 3.00. The van der Waals surface area contributed by atoms with Gasteiger partial charge >= 0.3 is 0 Å². The summed E-state index contributed by atoms with van der Waals surface area (Å²) in [5, 5.41) is 20.2. The summed E-state index contributed by atoms with van der Waals surface area (Å²) in [7, 11) is 1.60. The Morgan fingerprint density at radius 1 is 1.56 bits per heavy atom. The minimum absolute atomic E-state index is 0.285. The molecule has 0 aromatic carbocycles. The molecule has 2 atom stereocenters. The molecule has 0 bridgehead atoms. The van der Waals surface area contributed by atoms with Crippen molar-refractivity contribution in [1.82, 2.24) is 9.88 Å². The Morgan fingerprint density at radius 2 is 2.31 bits per heavy atom. The molecule has 1 aliphatic heterocycles. The predicted octanol–water partition coefficient (Wildman–Crippen LogP) is -0.508. The SMILES string of the molecule is CN1CCC(O)(c2ccccn2)C(O)C1=O. The number of nitrogens with zero attached hydrogens (tertiary/aromatic N) is 2. The van der Waals surface area contributed by atoms with Gasteiger partial charge in [-0.3, -0.25) is 9.78 Å². The van der Waals surface area contributed by atoms with Crippen LogP contribution in [0.3, 0.4) is 0 Å². The number of likely N-dealkylation sites (N-methyl/N-ethyl adjacent to an activating group) is 1.